The van der Waals surface area contributed by atoms with E-state index in [4.69, 9.17) is 4.74 Å². The number of cyclic esters (lactones) is 1. The summed E-state index contributed by atoms with van der Waals surface area (Å²) < 4.78 is 33.0. The highest BCUT2D eigenvalue weighted by atomic mass is 19.1. The number of benzene rings is 2. The Morgan fingerprint density at radius 3 is 2.64 bits per heavy atom. The van der Waals surface area contributed by atoms with Gasteiger partial charge in [-0.3, -0.25) is 9.88 Å². The minimum absolute atomic E-state index is 0.270. The predicted molar refractivity (Wildman–Crippen MR) is 102 cm³/mol. The van der Waals surface area contributed by atoms with E-state index in [0.717, 1.165) is 6.07 Å². The lowest BCUT2D eigenvalue weighted by Crippen LogP contribution is -2.47. The Labute approximate surface area is 161 Å². The summed E-state index contributed by atoms with van der Waals surface area (Å²) in [5, 5.41) is 0. The van der Waals surface area contributed by atoms with Crippen LogP contribution in [-0.4, -0.2) is 17.6 Å². The first kappa shape index (κ1) is 18.1. The molecule has 2 aromatic carbocycles. The van der Waals surface area contributed by atoms with Crippen LogP contribution in [0.3, 0.4) is 0 Å². The summed E-state index contributed by atoms with van der Waals surface area (Å²) in [5.41, 5.74) is 1.32. The van der Waals surface area contributed by atoms with Gasteiger partial charge in [0.1, 0.15) is 11.6 Å². The molecular formula is C22H18F2N2O2. The third-order valence-electron chi connectivity index (χ3n) is 4.95. The van der Waals surface area contributed by atoms with E-state index < -0.39 is 23.3 Å². The minimum atomic E-state index is -0.796. The lowest BCUT2D eigenvalue weighted by atomic mass is 9.95. The van der Waals surface area contributed by atoms with Crippen LogP contribution in [0, 0.1) is 11.6 Å². The fourth-order valence-electron chi connectivity index (χ4n) is 3.37. The van der Waals surface area contributed by atoms with Gasteiger partial charge >= 0.3 is 6.09 Å². The van der Waals surface area contributed by atoms with Crippen molar-refractivity contribution < 1.29 is 18.3 Å². The molecule has 4 nitrogen and oxygen atoms in total. The smallest absolute Gasteiger partial charge is 0.415 e. The van der Waals surface area contributed by atoms with E-state index in [1.807, 2.05) is 25.1 Å². The Bertz CT molecular complexity index is 1030. The van der Waals surface area contributed by atoms with Gasteiger partial charge in [0.15, 0.2) is 5.60 Å². The van der Waals surface area contributed by atoms with E-state index >= 15 is 0 Å². The van der Waals surface area contributed by atoms with Crippen LogP contribution in [0.5, 0.6) is 0 Å². The van der Waals surface area contributed by atoms with E-state index in [1.54, 1.807) is 30.5 Å². The molecule has 0 radical (unpaired) electrons. The van der Waals surface area contributed by atoms with Crippen molar-refractivity contribution in [2.75, 3.05) is 11.4 Å². The number of hydrogen-bond acceptors (Lipinski definition) is 3. The van der Waals surface area contributed by atoms with Crippen molar-refractivity contribution >= 4 is 11.8 Å². The number of rotatable bonds is 3. The minimum Gasteiger partial charge on any atom is -0.436 e. The summed E-state index contributed by atoms with van der Waals surface area (Å²) in [5.74, 6) is -1.29. The Kier molecular flexibility index (Phi) is 4.55. The Balaban J connectivity index is 1.60. The van der Waals surface area contributed by atoms with Gasteiger partial charge in [0.05, 0.1) is 5.69 Å². The molecule has 1 aromatic heterocycles. The number of halogens is 2. The number of carbonyl (C=O) groups excluding carboxylic acids is 1. The normalized spacial score (nSPS) is 19.4. The van der Waals surface area contributed by atoms with E-state index in [0.29, 0.717) is 29.9 Å². The average molecular weight is 380 g/mol. The molecule has 28 heavy (non-hydrogen) atoms. The van der Waals surface area contributed by atoms with Gasteiger partial charge in [-0.25, -0.2) is 13.6 Å². The summed E-state index contributed by atoms with van der Waals surface area (Å²) >= 11 is 0. The first-order valence-electron chi connectivity index (χ1n) is 8.94. The van der Waals surface area contributed by atoms with Crippen LogP contribution in [0.15, 0.2) is 66.9 Å². The molecule has 1 saturated heterocycles. The zero-order chi connectivity index (χ0) is 19.7. The van der Waals surface area contributed by atoms with Crippen molar-refractivity contribution in [1.29, 1.82) is 0 Å². The fraction of sp³-hybridized carbons (Fsp3) is 0.182. The fourth-order valence-corrected chi connectivity index (χ4v) is 3.37. The molecule has 1 aliphatic rings. The zero-order valence-corrected chi connectivity index (χ0v) is 15.2. The largest absolute Gasteiger partial charge is 0.436 e. The number of aromatic nitrogens is 1. The van der Waals surface area contributed by atoms with Crippen LogP contribution in [0.2, 0.25) is 0 Å². The second-order valence-corrected chi connectivity index (χ2v) is 6.89. The third-order valence-corrected chi connectivity index (χ3v) is 4.95. The van der Waals surface area contributed by atoms with E-state index in [9.17, 15) is 13.6 Å². The molecule has 6 heteroatoms. The summed E-state index contributed by atoms with van der Waals surface area (Å²) in [6.45, 7) is 2.27. The van der Waals surface area contributed by atoms with Crippen molar-refractivity contribution in [3.63, 3.8) is 0 Å². The molecule has 0 bridgehead atoms. The van der Waals surface area contributed by atoms with Crippen LogP contribution < -0.4 is 4.90 Å². The number of amides is 1. The number of ether oxygens (including phenoxy) is 1. The summed E-state index contributed by atoms with van der Waals surface area (Å²) in [7, 11) is 0. The zero-order valence-electron chi connectivity index (χ0n) is 15.2. The molecule has 4 rings (SSSR count). The first-order chi connectivity index (χ1) is 13.5. The lowest BCUT2D eigenvalue weighted by molar-refractivity contribution is 0.00264. The third kappa shape index (κ3) is 3.33. The van der Waals surface area contributed by atoms with Gasteiger partial charge in [0.2, 0.25) is 0 Å². The van der Waals surface area contributed by atoms with Crippen LogP contribution in [0.4, 0.5) is 19.3 Å². The van der Waals surface area contributed by atoms with Gasteiger partial charge in [0.25, 0.3) is 0 Å². The first-order valence-corrected chi connectivity index (χ1v) is 8.94. The van der Waals surface area contributed by atoms with Gasteiger partial charge in [-0.2, -0.15) is 0 Å². The topological polar surface area (TPSA) is 42.4 Å². The standard InChI is InChI=1S/C22H18F2N2O2/c1-22(20-7-2-3-11-25-20)10-12-26(21(27)28-22)17-6-4-5-15(13-17)18-9-8-16(23)14-19(18)24/h2-9,11,13-14H,10,12H2,1H3. The molecule has 1 fully saturated rings. The molecule has 0 aliphatic carbocycles. The summed E-state index contributed by atoms with van der Waals surface area (Å²) in [6.07, 6.45) is 1.74. The Hall–Kier alpha value is -3.28. The second kappa shape index (κ2) is 7.03. The SMILES string of the molecule is CC1(c2ccccn2)CCN(c2cccc(-c3ccc(F)cc3F)c2)C(=O)O1. The molecular weight excluding hydrogens is 362 g/mol. The van der Waals surface area contributed by atoms with Gasteiger partial charge in [0, 0.05) is 36.5 Å². The maximum absolute atomic E-state index is 14.1. The number of hydrogen-bond donors (Lipinski definition) is 0. The van der Waals surface area contributed by atoms with Crippen LogP contribution in [0.25, 0.3) is 11.1 Å². The summed E-state index contributed by atoms with van der Waals surface area (Å²) in [6, 6.07) is 15.8. The van der Waals surface area contributed by atoms with Crippen LogP contribution >= 0.6 is 0 Å². The van der Waals surface area contributed by atoms with E-state index in [1.165, 1.54) is 17.0 Å². The molecule has 1 amide bonds. The molecule has 1 unspecified atom stereocenters. The number of anilines is 1. The molecule has 2 heterocycles. The van der Waals surface area contributed by atoms with Crippen molar-refractivity contribution in [2.45, 2.75) is 18.9 Å². The van der Waals surface area contributed by atoms with Gasteiger partial charge in [-0.1, -0.05) is 18.2 Å². The van der Waals surface area contributed by atoms with E-state index in [2.05, 4.69) is 4.98 Å². The monoisotopic (exact) mass is 380 g/mol. The van der Waals surface area contributed by atoms with Crippen LogP contribution in [0.1, 0.15) is 19.0 Å². The predicted octanol–water partition coefficient (Wildman–Crippen LogP) is 5.29. The second-order valence-electron chi connectivity index (χ2n) is 6.89. The number of carbonyl (C=O) groups is 1. The number of nitrogens with zero attached hydrogens (tertiary/aromatic N) is 2. The molecule has 0 saturated carbocycles. The van der Waals surface area contributed by atoms with E-state index in [-0.39, 0.29) is 5.56 Å². The molecule has 1 aliphatic heterocycles. The summed E-state index contributed by atoms with van der Waals surface area (Å²) in [4.78, 5) is 18.5. The maximum atomic E-state index is 14.1. The molecule has 0 N–H and O–H groups in total. The Morgan fingerprint density at radius 1 is 1.07 bits per heavy atom. The molecule has 3 aromatic rings. The lowest BCUT2D eigenvalue weighted by Gasteiger charge is -2.38. The van der Waals surface area contributed by atoms with Crippen molar-refractivity contribution in [2.24, 2.45) is 0 Å². The highest BCUT2D eigenvalue weighted by molar-refractivity contribution is 5.89. The van der Waals surface area contributed by atoms with Gasteiger partial charge in [-0.05, 0) is 48.9 Å². The molecule has 0 spiro atoms. The molecule has 1 atom stereocenters. The Morgan fingerprint density at radius 2 is 1.93 bits per heavy atom. The number of pyridine rings is 1. The van der Waals surface area contributed by atoms with Crippen molar-refractivity contribution in [1.82, 2.24) is 4.98 Å². The van der Waals surface area contributed by atoms with Gasteiger partial charge in [-0.15, -0.1) is 0 Å². The molecule has 142 valence electrons. The van der Waals surface area contributed by atoms with Gasteiger partial charge < -0.3 is 4.74 Å². The highest BCUT2D eigenvalue weighted by Gasteiger charge is 2.39. The highest BCUT2D eigenvalue weighted by Crippen LogP contribution is 2.35. The average Bonchev–Trinajstić information content (AvgIpc) is 2.69. The van der Waals surface area contributed by atoms with Crippen molar-refractivity contribution in [3.8, 4) is 11.1 Å². The van der Waals surface area contributed by atoms with Crippen molar-refractivity contribution in [3.05, 3.63) is 84.2 Å². The maximum Gasteiger partial charge on any atom is 0.415 e. The van der Waals surface area contributed by atoms with Crippen LogP contribution in [-0.2, 0) is 10.3 Å². The quantitative estimate of drug-likeness (QED) is 0.620.